The van der Waals surface area contributed by atoms with E-state index in [1.807, 2.05) is 37.4 Å². The van der Waals surface area contributed by atoms with Crippen LogP contribution in [0.2, 0.25) is 0 Å². The first kappa shape index (κ1) is 18.0. The van der Waals surface area contributed by atoms with Crippen LogP contribution in [0.15, 0.2) is 30.3 Å². The summed E-state index contributed by atoms with van der Waals surface area (Å²) < 4.78 is 5.58. The summed E-state index contributed by atoms with van der Waals surface area (Å²) in [5.74, 6) is 0.353. The minimum atomic E-state index is -0.166. The smallest absolute Gasteiger partial charge is 0.323 e. The Morgan fingerprint density at radius 3 is 2.70 bits per heavy atom. The molecule has 1 saturated heterocycles. The number of carbonyl (C=O) groups excluding carboxylic acids is 1. The third-order valence-electron chi connectivity index (χ3n) is 4.39. The fourth-order valence-electron chi connectivity index (χ4n) is 3.11. The molecule has 0 unspecified atom stereocenters. The predicted molar refractivity (Wildman–Crippen MR) is 93.1 cm³/mol. The summed E-state index contributed by atoms with van der Waals surface area (Å²) in [6.45, 7) is 6.64. The summed E-state index contributed by atoms with van der Waals surface area (Å²) in [7, 11) is 2.04. The van der Waals surface area contributed by atoms with Gasteiger partial charge in [0.1, 0.15) is 12.6 Å². The van der Waals surface area contributed by atoms with Crippen molar-refractivity contribution in [2.75, 3.05) is 20.1 Å². The molecule has 1 heterocycles. The highest BCUT2D eigenvalue weighted by Gasteiger charge is 2.28. The maximum absolute atomic E-state index is 12.6. The van der Waals surface area contributed by atoms with E-state index in [2.05, 4.69) is 24.1 Å². The van der Waals surface area contributed by atoms with Crippen molar-refractivity contribution in [3.8, 4) is 0 Å². The zero-order chi connectivity index (χ0) is 16.7. The largest absolute Gasteiger partial charge is 0.460 e. The number of hydrogen-bond donors (Lipinski definition) is 1. The molecule has 0 aromatic heterocycles. The van der Waals surface area contributed by atoms with Crippen LogP contribution in [0.1, 0.15) is 38.7 Å². The van der Waals surface area contributed by atoms with Gasteiger partial charge in [-0.2, -0.15) is 0 Å². The fraction of sp³-hybridized carbons (Fsp3) is 0.632. The second kappa shape index (κ2) is 9.04. The van der Waals surface area contributed by atoms with Crippen LogP contribution in [0.3, 0.4) is 0 Å². The van der Waals surface area contributed by atoms with Gasteiger partial charge in [-0.3, -0.25) is 9.69 Å². The van der Waals surface area contributed by atoms with Crippen molar-refractivity contribution in [2.45, 2.75) is 51.8 Å². The van der Waals surface area contributed by atoms with Crippen LogP contribution in [0.25, 0.3) is 0 Å². The normalized spacial score (nSPS) is 19.3. The SMILES string of the molecule is CC(C)C[C@H](C(=O)OCc1ccccc1)N(C)C[C@@H]1CCCN1. The third-order valence-corrected chi connectivity index (χ3v) is 4.39. The minimum Gasteiger partial charge on any atom is -0.460 e. The van der Waals surface area contributed by atoms with Gasteiger partial charge < -0.3 is 10.1 Å². The molecular weight excluding hydrogens is 288 g/mol. The Hall–Kier alpha value is -1.39. The molecule has 1 aliphatic heterocycles. The summed E-state index contributed by atoms with van der Waals surface area (Å²) in [5, 5.41) is 3.50. The van der Waals surface area contributed by atoms with Gasteiger partial charge in [0.2, 0.25) is 0 Å². The Balaban J connectivity index is 1.91. The molecule has 2 rings (SSSR count). The minimum absolute atomic E-state index is 0.108. The summed E-state index contributed by atoms with van der Waals surface area (Å²) in [5.41, 5.74) is 1.03. The Labute approximate surface area is 140 Å². The van der Waals surface area contributed by atoms with E-state index in [1.165, 1.54) is 12.8 Å². The van der Waals surface area contributed by atoms with E-state index in [0.717, 1.165) is 25.1 Å². The Morgan fingerprint density at radius 1 is 1.35 bits per heavy atom. The van der Waals surface area contributed by atoms with E-state index >= 15 is 0 Å². The molecule has 1 aliphatic rings. The molecule has 1 aromatic carbocycles. The molecule has 4 heteroatoms. The Kier molecular flexibility index (Phi) is 7.06. The average molecular weight is 318 g/mol. The van der Waals surface area contributed by atoms with Gasteiger partial charge in [0.05, 0.1) is 0 Å². The standard InChI is InChI=1S/C19H30N2O2/c1-15(2)12-18(21(3)13-17-10-7-11-20-17)19(22)23-14-16-8-5-4-6-9-16/h4-6,8-9,15,17-18,20H,7,10-14H2,1-3H3/t17-,18+/m0/s1. The van der Waals surface area contributed by atoms with Crippen LogP contribution in [0, 0.1) is 5.92 Å². The van der Waals surface area contributed by atoms with Gasteiger partial charge in [0, 0.05) is 12.6 Å². The number of carbonyl (C=O) groups is 1. The monoisotopic (exact) mass is 318 g/mol. The molecular formula is C19H30N2O2. The zero-order valence-corrected chi connectivity index (χ0v) is 14.6. The summed E-state index contributed by atoms with van der Waals surface area (Å²) in [6.07, 6.45) is 3.25. The molecule has 0 saturated carbocycles. The van der Waals surface area contributed by atoms with Crippen LogP contribution >= 0.6 is 0 Å². The van der Waals surface area contributed by atoms with Crippen LogP contribution in [0.5, 0.6) is 0 Å². The van der Waals surface area contributed by atoms with E-state index in [1.54, 1.807) is 0 Å². The fourth-order valence-corrected chi connectivity index (χ4v) is 3.11. The lowest BCUT2D eigenvalue weighted by atomic mass is 10.0. The molecule has 1 fully saturated rings. The summed E-state index contributed by atoms with van der Waals surface area (Å²) >= 11 is 0. The molecule has 0 amide bonds. The molecule has 0 aliphatic carbocycles. The van der Waals surface area contributed by atoms with Crippen molar-refractivity contribution in [3.05, 3.63) is 35.9 Å². The number of rotatable bonds is 8. The van der Waals surface area contributed by atoms with Crippen molar-refractivity contribution in [3.63, 3.8) is 0 Å². The van der Waals surface area contributed by atoms with Crippen LogP contribution in [-0.2, 0) is 16.1 Å². The number of hydrogen-bond acceptors (Lipinski definition) is 4. The maximum Gasteiger partial charge on any atom is 0.323 e. The van der Waals surface area contributed by atoms with Crippen LogP contribution in [0.4, 0.5) is 0 Å². The summed E-state index contributed by atoms with van der Waals surface area (Å²) in [6, 6.07) is 10.2. The number of nitrogens with zero attached hydrogens (tertiary/aromatic N) is 1. The van der Waals surface area contributed by atoms with E-state index in [0.29, 0.717) is 18.6 Å². The highest BCUT2D eigenvalue weighted by Crippen LogP contribution is 2.16. The molecule has 128 valence electrons. The molecule has 1 N–H and O–H groups in total. The van der Waals surface area contributed by atoms with Gasteiger partial charge >= 0.3 is 5.97 Å². The highest BCUT2D eigenvalue weighted by atomic mass is 16.5. The second-order valence-electron chi connectivity index (χ2n) is 6.97. The lowest BCUT2D eigenvalue weighted by Crippen LogP contribution is -2.46. The highest BCUT2D eigenvalue weighted by molar-refractivity contribution is 5.75. The second-order valence-corrected chi connectivity index (χ2v) is 6.97. The van der Waals surface area contributed by atoms with E-state index < -0.39 is 0 Å². The van der Waals surface area contributed by atoms with Gasteiger partial charge in [-0.05, 0) is 44.3 Å². The van der Waals surface area contributed by atoms with Gasteiger partial charge in [0.25, 0.3) is 0 Å². The van der Waals surface area contributed by atoms with Crippen molar-refractivity contribution in [2.24, 2.45) is 5.92 Å². The average Bonchev–Trinajstić information content (AvgIpc) is 3.04. The molecule has 23 heavy (non-hydrogen) atoms. The van der Waals surface area contributed by atoms with Gasteiger partial charge in [-0.25, -0.2) is 0 Å². The van der Waals surface area contributed by atoms with Crippen molar-refractivity contribution in [1.82, 2.24) is 10.2 Å². The molecule has 0 spiro atoms. The quantitative estimate of drug-likeness (QED) is 0.748. The Bertz CT molecular complexity index is 470. The number of esters is 1. The predicted octanol–water partition coefficient (Wildman–Crippen LogP) is 2.83. The lowest BCUT2D eigenvalue weighted by Gasteiger charge is -2.29. The van der Waals surface area contributed by atoms with E-state index in [4.69, 9.17) is 4.74 Å². The molecule has 0 radical (unpaired) electrons. The molecule has 4 nitrogen and oxygen atoms in total. The van der Waals surface area contributed by atoms with E-state index in [-0.39, 0.29) is 12.0 Å². The number of nitrogens with one attached hydrogen (secondary N) is 1. The zero-order valence-electron chi connectivity index (χ0n) is 14.6. The van der Waals surface area contributed by atoms with Gasteiger partial charge in [0.15, 0.2) is 0 Å². The first-order chi connectivity index (χ1) is 11.1. The lowest BCUT2D eigenvalue weighted by molar-refractivity contribution is -0.151. The maximum atomic E-state index is 12.6. The van der Waals surface area contributed by atoms with Crippen LogP contribution in [-0.4, -0.2) is 43.1 Å². The van der Waals surface area contributed by atoms with E-state index in [9.17, 15) is 4.79 Å². The number of likely N-dealkylation sites (N-methyl/N-ethyl adjacent to an activating group) is 1. The number of benzene rings is 1. The van der Waals surface area contributed by atoms with Gasteiger partial charge in [-0.1, -0.05) is 44.2 Å². The topological polar surface area (TPSA) is 41.6 Å². The molecule has 1 aromatic rings. The van der Waals surface area contributed by atoms with Crippen molar-refractivity contribution >= 4 is 5.97 Å². The summed E-state index contributed by atoms with van der Waals surface area (Å²) in [4.78, 5) is 14.7. The molecule has 0 bridgehead atoms. The third kappa shape index (κ3) is 5.96. The Morgan fingerprint density at radius 2 is 2.09 bits per heavy atom. The first-order valence-electron chi connectivity index (χ1n) is 8.70. The van der Waals surface area contributed by atoms with Crippen LogP contribution < -0.4 is 5.32 Å². The van der Waals surface area contributed by atoms with Crippen molar-refractivity contribution in [1.29, 1.82) is 0 Å². The molecule has 2 atom stereocenters. The van der Waals surface area contributed by atoms with Gasteiger partial charge in [-0.15, -0.1) is 0 Å². The first-order valence-corrected chi connectivity index (χ1v) is 8.70. The number of ether oxygens (including phenoxy) is 1. The van der Waals surface area contributed by atoms with Crippen molar-refractivity contribution < 1.29 is 9.53 Å².